The number of amides is 1. The Morgan fingerprint density at radius 3 is 2.47 bits per heavy atom. The number of carbonyl (C=O) groups excluding carboxylic acids is 1. The highest BCUT2D eigenvalue weighted by molar-refractivity contribution is 7.91. The summed E-state index contributed by atoms with van der Waals surface area (Å²) in [5.74, 6) is 0.547. The highest BCUT2D eigenvalue weighted by Gasteiger charge is 2.29. The number of hydrogen-bond acceptors (Lipinski definition) is 5. The molecule has 1 amide bonds. The van der Waals surface area contributed by atoms with Crippen molar-refractivity contribution in [3.8, 4) is 0 Å². The number of piperazine rings is 1. The molecule has 0 aromatic carbocycles. The lowest BCUT2D eigenvalue weighted by atomic mass is 10.2. The molecule has 2 rings (SSSR count). The first-order chi connectivity index (χ1) is 8.99. The van der Waals surface area contributed by atoms with Crippen LogP contribution >= 0.6 is 0 Å². The third kappa shape index (κ3) is 3.90. The van der Waals surface area contributed by atoms with Gasteiger partial charge in [0.1, 0.15) is 0 Å². The van der Waals surface area contributed by atoms with Gasteiger partial charge in [0.15, 0.2) is 9.84 Å². The van der Waals surface area contributed by atoms with Gasteiger partial charge in [-0.3, -0.25) is 9.69 Å². The zero-order chi connectivity index (χ0) is 13.9. The molecule has 0 radical (unpaired) electrons. The van der Waals surface area contributed by atoms with Crippen LogP contribution in [0.3, 0.4) is 0 Å². The van der Waals surface area contributed by atoms with Gasteiger partial charge in [0.05, 0.1) is 17.5 Å². The number of nitrogens with zero attached hydrogens (tertiary/aromatic N) is 2. The lowest BCUT2D eigenvalue weighted by molar-refractivity contribution is -0.136. The molecular formula is C12H23N3O3S. The molecule has 2 saturated heterocycles. The van der Waals surface area contributed by atoms with E-state index in [0.717, 1.165) is 26.2 Å². The van der Waals surface area contributed by atoms with Gasteiger partial charge in [0.2, 0.25) is 5.91 Å². The second kappa shape index (κ2) is 6.19. The minimum Gasteiger partial charge on any atom is -0.339 e. The van der Waals surface area contributed by atoms with Gasteiger partial charge >= 0.3 is 0 Å². The summed E-state index contributed by atoms with van der Waals surface area (Å²) < 4.78 is 23.2. The summed E-state index contributed by atoms with van der Waals surface area (Å²) in [5.41, 5.74) is 0. The van der Waals surface area contributed by atoms with Gasteiger partial charge in [0.25, 0.3) is 0 Å². The van der Waals surface area contributed by atoms with E-state index in [-0.39, 0.29) is 23.5 Å². The molecule has 0 spiro atoms. The van der Waals surface area contributed by atoms with Crippen molar-refractivity contribution in [2.45, 2.75) is 19.4 Å². The molecule has 110 valence electrons. The second-order valence-corrected chi connectivity index (χ2v) is 7.60. The highest BCUT2D eigenvalue weighted by Crippen LogP contribution is 2.11. The Kier molecular flexibility index (Phi) is 4.81. The van der Waals surface area contributed by atoms with Crippen LogP contribution in [0, 0.1) is 0 Å². The summed E-state index contributed by atoms with van der Waals surface area (Å²) in [6.45, 7) is 6.23. The summed E-state index contributed by atoms with van der Waals surface area (Å²) in [5, 5.41) is 3.22. The monoisotopic (exact) mass is 289 g/mol. The van der Waals surface area contributed by atoms with E-state index in [4.69, 9.17) is 0 Å². The molecule has 2 heterocycles. The molecule has 0 aliphatic carbocycles. The van der Waals surface area contributed by atoms with Gasteiger partial charge < -0.3 is 10.2 Å². The van der Waals surface area contributed by atoms with Crippen molar-refractivity contribution < 1.29 is 13.2 Å². The zero-order valence-corrected chi connectivity index (χ0v) is 12.3. The maximum Gasteiger partial charge on any atom is 0.239 e. The topological polar surface area (TPSA) is 69.7 Å². The van der Waals surface area contributed by atoms with Gasteiger partial charge in [-0.1, -0.05) is 0 Å². The lowest BCUT2D eigenvalue weighted by Crippen LogP contribution is -2.53. The number of rotatable bonds is 2. The van der Waals surface area contributed by atoms with Crippen LogP contribution in [0.25, 0.3) is 0 Å². The first kappa shape index (κ1) is 14.7. The Labute approximate surface area is 115 Å². The molecule has 1 N–H and O–H groups in total. The Hall–Kier alpha value is -0.660. The Morgan fingerprint density at radius 1 is 1.11 bits per heavy atom. The number of carbonyl (C=O) groups is 1. The lowest BCUT2D eigenvalue weighted by Gasteiger charge is -2.34. The largest absolute Gasteiger partial charge is 0.339 e. The average Bonchev–Trinajstić information content (AvgIpc) is 2.59. The molecular weight excluding hydrogens is 266 g/mol. The normalized spacial score (nSPS) is 26.7. The maximum atomic E-state index is 12.4. The fourth-order valence-electron chi connectivity index (χ4n) is 2.65. The van der Waals surface area contributed by atoms with Crippen LogP contribution in [-0.2, 0) is 14.6 Å². The summed E-state index contributed by atoms with van der Waals surface area (Å²) in [4.78, 5) is 16.3. The molecule has 0 saturated carbocycles. The van der Waals surface area contributed by atoms with Gasteiger partial charge in [0, 0.05) is 32.7 Å². The van der Waals surface area contributed by atoms with Gasteiger partial charge in [-0.15, -0.1) is 0 Å². The minimum atomic E-state index is -2.91. The zero-order valence-electron chi connectivity index (χ0n) is 11.5. The summed E-state index contributed by atoms with van der Waals surface area (Å²) in [7, 11) is -2.91. The Balaban J connectivity index is 1.94. The fraction of sp³-hybridized carbons (Fsp3) is 0.917. The van der Waals surface area contributed by atoms with Crippen molar-refractivity contribution in [3.63, 3.8) is 0 Å². The van der Waals surface area contributed by atoms with E-state index in [9.17, 15) is 13.2 Å². The van der Waals surface area contributed by atoms with E-state index in [2.05, 4.69) is 5.32 Å². The molecule has 2 aliphatic heterocycles. The van der Waals surface area contributed by atoms with Crippen molar-refractivity contribution in [3.05, 3.63) is 0 Å². The molecule has 19 heavy (non-hydrogen) atoms. The summed E-state index contributed by atoms with van der Waals surface area (Å²) in [6, 6.07) is -0.216. The van der Waals surface area contributed by atoms with Crippen molar-refractivity contribution in [2.75, 3.05) is 50.8 Å². The second-order valence-electron chi connectivity index (χ2n) is 5.29. The summed E-state index contributed by atoms with van der Waals surface area (Å²) >= 11 is 0. The smallest absolute Gasteiger partial charge is 0.239 e. The van der Waals surface area contributed by atoms with Crippen molar-refractivity contribution in [2.24, 2.45) is 0 Å². The number of nitrogens with one attached hydrogen (secondary N) is 1. The molecule has 7 heteroatoms. The summed E-state index contributed by atoms with van der Waals surface area (Å²) in [6.07, 6.45) is 0.626. The molecule has 2 fully saturated rings. The van der Waals surface area contributed by atoms with Gasteiger partial charge in [-0.2, -0.15) is 0 Å². The van der Waals surface area contributed by atoms with Crippen molar-refractivity contribution in [1.82, 2.24) is 15.1 Å². The third-order valence-electron chi connectivity index (χ3n) is 3.92. The SMILES string of the molecule is CC(C(=O)N1CCNCC1)N1CCCS(=O)(=O)CC1. The number of sulfone groups is 1. The van der Waals surface area contributed by atoms with E-state index >= 15 is 0 Å². The standard InChI is InChI=1S/C12H23N3O3S/c1-11(12(16)15-6-3-13-4-7-15)14-5-2-9-19(17,18)10-8-14/h11,13H,2-10H2,1H3. The minimum absolute atomic E-state index is 0.126. The number of hydrogen-bond donors (Lipinski definition) is 1. The van der Waals surface area contributed by atoms with E-state index in [1.165, 1.54) is 0 Å². The average molecular weight is 289 g/mol. The molecule has 1 atom stereocenters. The molecule has 0 aromatic heterocycles. The molecule has 6 nitrogen and oxygen atoms in total. The van der Waals surface area contributed by atoms with Crippen LogP contribution in [0.4, 0.5) is 0 Å². The first-order valence-electron chi connectivity index (χ1n) is 6.93. The maximum absolute atomic E-state index is 12.4. The Morgan fingerprint density at radius 2 is 1.79 bits per heavy atom. The highest BCUT2D eigenvalue weighted by atomic mass is 32.2. The molecule has 1 unspecified atom stereocenters. The van der Waals surface area contributed by atoms with E-state index in [0.29, 0.717) is 19.5 Å². The van der Waals surface area contributed by atoms with Crippen LogP contribution in [0.1, 0.15) is 13.3 Å². The van der Waals surface area contributed by atoms with Crippen LogP contribution in [0.5, 0.6) is 0 Å². The van der Waals surface area contributed by atoms with E-state index in [1.807, 2.05) is 16.7 Å². The molecule has 2 aliphatic rings. The van der Waals surface area contributed by atoms with Crippen molar-refractivity contribution in [1.29, 1.82) is 0 Å². The van der Waals surface area contributed by atoms with Crippen LogP contribution in [-0.4, -0.2) is 80.9 Å². The van der Waals surface area contributed by atoms with E-state index in [1.54, 1.807) is 0 Å². The predicted octanol–water partition coefficient (Wildman–Crippen LogP) is -1.07. The van der Waals surface area contributed by atoms with Crippen LogP contribution in [0.15, 0.2) is 0 Å². The first-order valence-corrected chi connectivity index (χ1v) is 8.76. The van der Waals surface area contributed by atoms with E-state index < -0.39 is 9.84 Å². The molecule has 0 bridgehead atoms. The molecule has 0 aromatic rings. The van der Waals surface area contributed by atoms with Crippen LogP contribution in [0.2, 0.25) is 0 Å². The Bertz CT molecular complexity index is 418. The van der Waals surface area contributed by atoms with Crippen LogP contribution < -0.4 is 5.32 Å². The van der Waals surface area contributed by atoms with Crippen molar-refractivity contribution >= 4 is 15.7 Å². The van der Waals surface area contributed by atoms with Gasteiger partial charge in [-0.25, -0.2) is 8.42 Å². The predicted molar refractivity (Wildman–Crippen MR) is 73.8 cm³/mol. The quantitative estimate of drug-likeness (QED) is 0.701. The fourth-order valence-corrected chi connectivity index (χ4v) is 3.94. The third-order valence-corrected chi connectivity index (χ3v) is 5.64. The van der Waals surface area contributed by atoms with Gasteiger partial charge in [-0.05, 0) is 19.9 Å².